The van der Waals surface area contributed by atoms with Crippen LogP contribution in [0.4, 0.5) is 0 Å². The minimum Gasteiger partial charge on any atom is -0.349 e. The van der Waals surface area contributed by atoms with E-state index in [1.807, 2.05) is 30.3 Å². The molecular formula is C23H21N5O2S. The molecule has 1 fully saturated rings. The molecule has 0 atom stereocenters. The van der Waals surface area contributed by atoms with Crippen molar-refractivity contribution in [3.63, 3.8) is 0 Å². The van der Waals surface area contributed by atoms with Crippen molar-refractivity contribution in [3.8, 4) is 11.3 Å². The van der Waals surface area contributed by atoms with Crippen molar-refractivity contribution >= 4 is 27.5 Å². The maximum Gasteiger partial charge on any atom is 0.267 e. The predicted octanol–water partition coefficient (Wildman–Crippen LogP) is 3.83. The molecule has 0 spiro atoms. The molecule has 4 aromatic rings. The Balaban J connectivity index is 1.25. The summed E-state index contributed by atoms with van der Waals surface area (Å²) in [5, 5.41) is 7.74. The Bertz CT molecular complexity index is 1280. The Morgan fingerprint density at radius 3 is 2.77 bits per heavy atom. The van der Waals surface area contributed by atoms with E-state index in [0.29, 0.717) is 5.56 Å². The first-order valence-electron chi connectivity index (χ1n) is 10.3. The Kier molecular flexibility index (Phi) is 5.30. The Morgan fingerprint density at radius 2 is 1.97 bits per heavy atom. The van der Waals surface area contributed by atoms with Crippen molar-refractivity contribution in [3.05, 3.63) is 76.3 Å². The molecule has 1 aliphatic rings. The van der Waals surface area contributed by atoms with E-state index in [1.165, 1.54) is 11.3 Å². The number of carbonyl (C=O) groups is 1. The van der Waals surface area contributed by atoms with E-state index >= 15 is 0 Å². The fourth-order valence-electron chi connectivity index (χ4n) is 4.08. The summed E-state index contributed by atoms with van der Waals surface area (Å²) in [5.41, 5.74) is 4.87. The van der Waals surface area contributed by atoms with Crippen LogP contribution in [0, 0.1) is 0 Å². The normalized spacial score (nSPS) is 18.7. The lowest BCUT2D eigenvalue weighted by Gasteiger charge is -2.29. The molecule has 1 saturated carbocycles. The third-order valence-electron chi connectivity index (χ3n) is 5.75. The van der Waals surface area contributed by atoms with Gasteiger partial charge in [0.1, 0.15) is 0 Å². The van der Waals surface area contributed by atoms with E-state index in [9.17, 15) is 9.59 Å². The molecule has 0 aliphatic heterocycles. The number of aromatic nitrogens is 4. The van der Waals surface area contributed by atoms with Gasteiger partial charge < -0.3 is 5.32 Å². The summed E-state index contributed by atoms with van der Waals surface area (Å²) >= 11 is 1.53. The minimum atomic E-state index is -0.0991. The maximum atomic E-state index is 12.7. The van der Waals surface area contributed by atoms with Gasteiger partial charge in [0.2, 0.25) is 0 Å². The second-order valence-electron chi connectivity index (χ2n) is 7.76. The second kappa shape index (κ2) is 8.39. The van der Waals surface area contributed by atoms with E-state index in [1.54, 1.807) is 34.7 Å². The molecule has 1 amide bonds. The number of benzene rings is 1. The molecule has 8 heteroatoms. The molecule has 1 aromatic carbocycles. The molecule has 0 saturated heterocycles. The number of rotatable bonds is 4. The second-order valence-corrected chi connectivity index (χ2v) is 8.64. The number of thiazole rings is 1. The minimum absolute atomic E-state index is 0.0332. The van der Waals surface area contributed by atoms with Crippen LogP contribution in [-0.2, 0) is 0 Å². The number of fused-ring (bicyclic) bond motifs is 1. The van der Waals surface area contributed by atoms with Crippen LogP contribution >= 0.6 is 11.3 Å². The highest BCUT2D eigenvalue weighted by Gasteiger charge is 2.25. The molecule has 0 bridgehead atoms. The van der Waals surface area contributed by atoms with Gasteiger partial charge in [-0.25, -0.2) is 9.67 Å². The van der Waals surface area contributed by atoms with Crippen molar-refractivity contribution in [2.75, 3.05) is 0 Å². The van der Waals surface area contributed by atoms with Gasteiger partial charge in [0, 0.05) is 35.6 Å². The van der Waals surface area contributed by atoms with Crippen LogP contribution < -0.4 is 10.9 Å². The smallest absolute Gasteiger partial charge is 0.267 e. The summed E-state index contributed by atoms with van der Waals surface area (Å²) in [6.45, 7) is 0. The topological polar surface area (TPSA) is 89.8 Å². The standard InChI is InChI=1S/C23H21N5O2S/c29-22-10-9-19(16-2-1-11-24-13-16)27-28(22)18-6-4-17(5-7-18)26-23(30)15-3-8-20-21(12-15)31-14-25-20/h1-3,8-14,17-18H,4-7H2,(H,26,30). The molecule has 0 unspecified atom stereocenters. The van der Waals surface area contributed by atoms with Crippen molar-refractivity contribution in [2.24, 2.45) is 0 Å². The Labute approximate surface area is 182 Å². The molecule has 3 heterocycles. The van der Waals surface area contributed by atoms with Crippen molar-refractivity contribution in [2.45, 2.75) is 37.8 Å². The molecular weight excluding hydrogens is 410 g/mol. The molecule has 1 N–H and O–H groups in total. The number of amides is 1. The van der Waals surface area contributed by atoms with Gasteiger partial charge in [-0.15, -0.1) is 11.3 Å². The van der Waals surface area contributed by atoms with Crippen LogP contribution in [-0.4, -0.2) is 31.7 Å². The molecule has 1 aliphatic carbocycles. The quantitative estimate of drug-likeness (QED) is 0.530. The summed E-state index contributed by atoms with van der Waals surface area (Å²) in [5.74, 6) is -0.0624. The fourth-order valence-corrected chi connectivity index (χ4v) is 4.80. The van der Waals surface area contributed by atoms with Crippen LogP contribution in [0.2, 0.25) is 0 Å². The van der Waals surface area contributed by atoms with Crippen molar-refractivity contribution < 1.29 is 4.79 Å². The first-order chi connectivity index (χ1) is 15.2. The zero-order valence-electron chi connectivity index (χ0n) is 16.8. The zero-order valence-corrected chi connectivity index (χ0v) is 17.6. The number of nitrogens with one attached hydrogen (secondary N) is 1. The van der Waals surface area contributed by atoms with E-state index in [0.717, 1.165) is 47.2 Å². The summed E-state index contributed by atoms with van der Waals surface area (Å²) < 4.78 is 2.60. The summed E-state index contributed by atoms with van der Waals surface area (Å²) in [4.78, 5) is 33.5. The molecule has 7 nitrogen and oxygen atoms in total. The van der Waals surface area contributed by atoms with Gasteiger partial charge in [0.05, 0.1) is 27.5 Å². The molecule has 5 rings (SSSR count). The highest BCUT2D eigenvalue weighted by atomic mass is 32.1. The lowest BCUT2D eigenvalue weighted by molar-refractivity contribution is 0.0921. The van der Waals surface area contributed by atoms with Gasteiger partial charge in [0.25, 0.3) is 11.5 Å². The highest BCUT2D eigenvalue weighted by molar-refractivity contribution is 7.16. The zero-order chi connectivity index (χ0) is 21.2. The van der Waals surface area contributed by atoms with Gasteiger partial charge in [-0.3, -0.25) is 14.6 Å². The third kappa shape index (κ3) is 4.11. The van der Waals surface area contributed by atoms with Crippen LogP contribution in [0.25, 0.3) is 21.5 Å². The Morgan fingerprint density at radius 1 is 1.10 bits per heavy atom. The SMILES string of the molecule is O=C(NC1CCC(n2nc(-c3cccnc3)ccc2=O)CC1)c1ccc2ncsc2c1. The van der Waals surface area contributed by atoms with Gasteiger partial charge in [-0.1, -0.05) is 0 Å². The van der Waals surface area contributed by atoms with Crippen LogP contribution in [0.5, 0.6) is 0 Å². The number of carbonyl (C=O) groups excluding carboxylic acids is 1. The van der Waals surface area contributed by atoms with E-state index in [-0.39, 0.29) is 23.6 Å². The summed E-state index contributed by atoms with van der Waals surface area (Å²) in [6, 6.07) is 12.8. The van der Waals surface area contributed by atoms with Crippen LogP contribution in [0.1, 0.15) is 42.1 Å². The van der Waals surface area contributed by atoms with Gasteiger partial charge in [-0.2, -0.15) is 5.10 Å². The van der Waals surface area contributed by atoms with E-state index in [4.69, 9.17) is 0 Å². The first-order valence-corrected chi connectivity index (χ1v) is 11.2. The average Bonchev–Trinajstić information content (AvgIpc) is 3.28. The predicted molar refractivity (Wildman–Crippen MR) is 120 cm³/mol. The summed E-state index contributed by atoms with van der Waals surface area (Å²) in [6.07, 6.45) is 6.66. The third-order valence-corrected chi connectivity index (χ3v) is 6.55. The van der Waals surface area contributed by atoms with Gasteiger partial charge >= 0.3 is 0 Å². The molecule has 31 heavy (non-hydrogen) atoms. The summed E-state index contributed by atoms with van der Waals surface area (Å²) in [7, 11) is 0. The highest BCUT2D eigenvalue weighted by Crippen LogP contribution is 2.28. The van der Waals surface area contributed by atoms with Crippen molar-refractivity contribution in [1.29, 1.82) is 0 Å². The first kappa shape index (κ1) is 19.6. The van der Waals surface area contributed by atoms with E-state index < -0.39 is 0 Å². The van der Waals surface area contributed by atoms with E-state index in [2.05, 4.69) is 20.4 Å². The van der Waals surface area contributed by atoms with Gasteiger partial charge in [0.15, 0.2) is 0 Å². The number of hydrogen-bond acceptors (Lipinski definition) is 6. The number of hydrogen-bond donors (Lipinski definition) is 1. The fraction of sp³-hybridized carbons (Fsp3) is 0.261. The number of pyridine rings is 1. The van der Waals surface area contributed by atoms with Crippen LogP contribution in [0.3, 0.4) is 0 Å². The van der Waals surface area contributed by atoms with Crippen molar-refractivity contribution in [1.82, 2.24) is 25.1 Å². The largest absolute Gasteiger partial charge is 0.349 e. The van der Waals surface area contributed by atoms with Gasteiger partial charge in [-0.05, 0) is 62.1 Å². The van der Waals surface area contributed by atoms with Crippen LogP contribution in [0.15, 0.2) is 65.2 Å². The average molecular weight is 432 g/mol. The monoisotopic (exact) mass is 431 g/mol. The maximum absolute atomic E-state index is 12.7. The molecule has 0 radical (unpaired) electrons. The Hall–Kier alpha value is -3.39. The number of nitrogens with zero attached hydrogens (tertiary/aromatic N) is 4. The molecule has 156 valence electrons. The molecule has 3 aromatic heterocycles. The lowest BCUT2D eigenvalue weighted by atomic mass is 9.91. The lowest BCUT2D eigenvalue weighted by Crippen LogP contribution is -2.39.